The lowest BCUT2D eigenvalue weighted by Crippen LogP contribution is -1.84. The van der Waals surface area contributed by atoms with E-state index in [1.807, 2.05) is 0 Å². The molecule has 0 aromatic heterocycles. The zero-order valence-electron chi connectivity index (χ0n) is 18.7. The molecule has 1 aliphatic rings. The topological polar surface area (TPSA) is 0 Å². The average Bonchev–Trinajstić information content (AvgIpc) is 3.24. The van der Waals surface area contributed by atoms with Crippen LogP contribution in [0.2, 0.25) is 0 Å². The normalized spacial score (nSPS) is 11.5. The highest BCUT2D eigenvalue weighted by atomic mass is 14.2. The van der Waals surface area contributed by atoms with Gasteiger partial charge in [-0.05, 0) is 84.6 Å². The summed E-state index contributed by atoms with van der Waals surface area (Å²) >= 11 is 0. The summed E-state index contributed by atoms with van der Waals surface area (Å²) in [5.74, 6) is 0. The molecule has 0 heteroatoms. The van der Waals surface area contributed by atoms with Gasteiger partial charge in [-0.2, -0.15) is 0 Å². The number of benzene rings is 6. The summed E-state index contributed by atoms with van der Waals surface area (Å²) in [6.45, 7) is 0. The lowest BCUT2D eigenvalue weighted by Gasteiger charge is -2.10. The minimum Gasteiger partial charge on any atom is -0.0622 e. The Balaban J connectivity index is 1.32. The van der Waals surface area contributed by atoms with Crippen molar-refractivity contribution in [1.82, 2.24) is 0 Å². The molecule has 0 spiro atoms. The molecule has 6 aromatic carbocycles. The maximum atomic E-state index is 2.37. The molecular formula is C34H22. The van der Waals surface area contributed by atoms with Crippen molar-refractivity contribution in [2.75, 3.05) is 0 Å². The van der Waals surface area contributed by atoms with E-state index < -0.39 is 0 Å². The SMILES string of the molecule is c1ccc(-c2ccc(-c3cccc(-c4cc5c6c(cccc6c4)-c4ccccc4-5)c3)cc2)cc1. The van der Waals surface area contributed by atoms with Crippen molar-refractivity contribution in [3.63, 3.8) is 0 Å². The smallest absolute Gasteiger partial charge is 0.00259 e. The van der Waals surface area contributed by atoms with E-state index in [9.17, 15) is 0 Å². The fourth-order valence-electron chi connectivity index (χ4n) is 5.35. The lowest BCUT2D eigenvalue weighted by atomic mass is 9.94. The number of rotatable bonds is 3. The van der Waals surface area contributed by atoms with Gasteiger partial charge in [-0.3, -0.25) is 0 Å². The van der Waals surface area contributed by atoms with Crippen LogP contribution in [0.4, 0.5) is 0 Å². The van der Waals surface area contributed by atoms with Gasteiger partial charge < -0.3 is 0 Å². The van der Waals surface area contributed by atoms with E-state index in [1.54, 1.807) is 0 Å². The van der Waals surface area contributed by atoms with Gasteiger partial charge in [0.15, 0.2) is 0 Å². The summed E-state index contributed by atoms with van der Waals surface area (Å²) in [6, 6.07) is 48.5. The lowest BCUT2D eigenvalue weighted by molar-refractivity contribution is 1.58. The summed E-state index contributed by atoms with van der Waals surface area (Å²) in [5.41, 5.74) is 12.8. The third kappa shape index (κ3) is 3.00. The Kier molecular flexibility index (Phi) is 4.25. The van der Waals surface area contributed by atoms with Crippen LogP contribution in [0.15, 0.2) is 133 Å². The van der Waals surface area contributed by atoms with Crippen LogP contribution in [-0.2, 0) is 0 Å². The van der Waals surface area contributed by atoms with Gasteiger partial charge in [0.25, 0.3) is 0 Å². The van der Waals surface area contributed by atoms with Gasteiger partial charge in [-0.1, -0.05) is 115 Å². The quantitative estimate of drug-likeness (QED) is 0.262. The van der Waals surface area contributed by atoms with Gasteiger partial charge in [0.2, 0.25) is 0 Å². The van der Waals surface area contributed by atoms with E-state index in [1.165, 1.54) is 66.4 Å². The first-order valence-electron chi connectivity index (χ1n) is 11.8. The maximum absolute atomic E-state index is 2.37. The third-order valence-electron chi connectivity index (χ3n) is 7.01. The van der Waals surface area contributed by atoms with Gasteiger partial charge in [0, 0.05) is 0 Å². The Morgan fingerprint density at radius 1 is 0.265 bits per heavy atom. The average molecular weight is 431 g/mol. The second kappa shape index (κ2) is 7.57. The molecule has 6 aromatic rings. The molecule has 0 atom stereocenters. The molecule has 0 saturated carbocycles. The van der Waals surface area contributed by atoms with E-state index in [0.29, 0.717) is 0 Å². The number of hydrogen-bond acceptors (Lipinski definition) is 0. The summed E-state index contributed by atoms with van der Waals surface area (Å²) in [5, 5.41) is 2.68. The third-order valence-corrected chi connectivity index (χ3v) is 7.01. The molecule has 0 radical (unpaired) electrons. The van der Waals surface area contributed by atoms with Crippen molar-refractivity contribution in [2.24, 2.45) is 0 Å². The highest BCUT2D eigenvalue weighted by Crippen LogP contribution is 2.48. The second-order valence-electron chi connectivity index (χ2n) is 9.00. The Bertz CT molecular complexity index is 1670. The molecule has 34 heavy (non-hydrogen) atoms. The Labute approximate surface area is 199 Å². The van der Waals surface area contributed by atoms with Gasteiger partial charge in [-0.25, -0.2) is 0 Å². The molecule has 0 amide bonds. The Morgan fingerprint density at radius 2 is 0.794 bits per heavy atom. The van der Waals surface area contributed by atoms with Crippen LogP contribution in [0.1, 0.15) is 0 Å². The zero-order chi connectivity index (χ0) is 22.5. The van der Waals surface area contributed by atoms with Crippen LogP contribution < -0.4 is 0 Å². The predicted molar refractivity (Wildman–Crippen MR) is 145 cm³/mol. The summed E-state index contributed by atoms with van der Waals surface area (Å²) in [4.78, 5) is 0. The Morgan fingerprint density at radius 3 is 1.56 bits per heavy atom. The van der Waals surface area contributed by atoms with E-state index in [2.05, 4.69) is 133 Å². The van der Waals surface area contributed by atoms with E-state index in [-0.39, 0.29) is 0 Å². The van der Waals surface area contributed by atoms with Crippen LogP contribution in [0.3, 0.4) is 0 Å². The van der Waals surface area contributed by atoms with E-state index >= 15 is 0 Å². The number of hydrogen-bond donors (Lipinski definition) is 0. The van der Waals surface area contributed by atoms with E-state index in [4.69, 9.17) is 0 Å². The molecule has 158 valence electrons. The highest BCUT2D eigenvalue weighted by Gasteiger charge is 2.21. The molecule has 0 bridgehead atoms. The second-order valence-corrected chi connectivity index (χ2v) is 9.00. The summed E-state index contributed by atoms with van der Waals surface area (Å²) in [6.07, 6.45) is 0. The van der Waals surface area contributed by atoms with Crippen molar-refractivity contribution < 1.29 is 0 Å². The molecule has 7 rings (SSSR count). The summed E-state index contributed by atoms with van der Waals surface area (Å²) < 4.78 is 0. The van der Waals surface area contributed by atoms with Crippen LogP contribution in [0.25, 0.3) is 66.4 Å². The first-order valence-corrected chi connectivity index (χ1v) is 11.8. The monoisotopic (exact) mass is 430 g/mol. The molecule has 0 N–H and O–H groups in total. The molecule has 0 fully saturated rings. The Hall–Kier alpha value is -4.42. The number of fused-ring (bicyclic) bond motifs is 3. The maximum Gasteiger partial charge on any atom is -0.00259 e. The van der Waals surface area contributed by atoms with Crippen molar-refractivity contribution in [3.8, 4) is 55.6 Å². The molecule has 0 heterocycles. The first-order chi connectivity index (χ1) is 16.8. The van der Waals surface area contributed by atoms with Gasteiger partial charge in [0.1, 0.15) is 0 Å². The fraction of sp³-hybridized carbons (Fsp3) is 0. The molecule has 0 saturated heterocycles. The molecule has 1 aliphatic carbocycles. The minimum absolute atomic E-state index is 1.24. The predicted octanol–water partition coefficient (Wildman–Crippen LogP) is 9.49. The molecule has 0 nitrogen and oxygen atoms in total. The van der Waals surface area contributed by atoms with Gasteiger partial charge in [0.05, 0.1) is 0 Å². The standard InChI is InChI=1S/C34H22/c1-2-8-23(9-3-1)24-16-18-25(19-17-24)26-10-6-11-27(20-26)29-21-28-12-7-15-32-30-13-4-5-14-31(30)33(22-29)34(28)32/h1-22H. The van der Waals surface area contributed by atoms with E-state index in [0.717, 1.165) is 0 Å². The highest BCUT2D eigenvalue weighted by molar-refractivity contribution is 6.16. The van der Waals surface area contributed by atoms with Crippen molar-refractivity contribution in [1.29, 1.82) is 0 Å². The van der Waals surface area contributed by atoms with Crippen LogP contribution in [0, 0.1) is 0 Å². The molecule has 0 unspecified atom stereocenters. The fourth-order valence-corrected chi connectivity index (χ4v) is 5.35. The zero-order valence-corrected chi connectivity index (χ0v) is 18.7. The van der Waals surface area contributed by atoms with Crippen LogP contribution in [0.5, 0.6) is 0 Å². The van der Waals surface area contributed by atoms with Crippen molar-refractivity contribution in [2.45, 2.75) is 0 Å². The molecular weight excluding hydrogens is 408 g/mol. The molecule has 0 aliphatic heterocycles. The van der Waals surface area contributed by atoms with Crippen LogP contribution >= 0.6 is 0 Å². The van der Waals surface area contributed by atoms with Crippen molar-refractivity contribution >= 4 is 10.8 Å². The van der Waals surface area contributed by atoms with Crippen molar-refractivity contribution in [3.05, 3.63) is 133 Å². The van der Waals surface area contributed by atoms with Crippen LogP contribution in [-0.4, -0.2) is 0 Å². The summed E-state index contributed by atoms with van der Waals surface area (Å²) in [7, 11) is 0. The van der Waals surface area contributed by atoms with Gasteiger partial charge >= 0.3 is 0 Å². The first kappa shape index (κ1) is 19.1. The minimum atomic E-state index is 1.24. The largest absolute Gasteiger partial charge is 0.0622 e. The van der Waals surface area contributed by atoms with Gasteiger partial charge in [-0.15, -0.1) is 0 Å².